The van der Waals surface area contributed by atoms with Crippen LogP contribution in [0.2, 0.25) is 0 Å². The summed E-state index contributed by atoms with van der Waals surface area (Å²) in [4.78, 5) is 11.2. The third kappa shape index (κ3) is 13.2. The highest BCUT2D eigenvalue weighted by Gasteiger charge is 1.98. The Morgan fingerprint density at radius 1 is 1.24 bits per heavy atom. The van der Waals surface area contributed by atoms with Crippen LogP contribution in [0.15, 0.2) is 0 Å². The van der Waals surface area contributed by atoms with Gasteiger partial charge in [-0.3, -0.25) is 4.79 Å². The summed E-state index contributed by atoms with van der Waals surface area (Å²) < 4.78 is 0. The summed E-state index contributed by atoms with van der Waals surface area (Å²) in [6.45, 7) is 1.70. The van der Waals surface area contributed by atoms with Crippen LogP contribution in [0, 0.1) is 11.3 Å². The molecular weight excluding hydrogens is 234 g/mol. The van der Waals surface area contributed by atoms with E-state index in [1.165, 1.54) is 25.0 Å². The molecule has 0 unspecified atom stereocenters. The first-order chi connectivity index (χ1) is 8.31. The van der Waals surface area contributed by atoms with Crippen LogP contribution in [0.4, 0.5) is 0 Å². The maximum Gasteiger partial charge on any atom is 0.233 e. The van der Waals surface area contributed by atoms with Gasteiger partial charge in [-0.05, 0) is 31.4 Å². The van der Waals surface area contributed by atoms with Crippen LogP contribution >= 0.6 is 11.8 Å². The van der Waals surface area contributed by atoms with Gasteiger partial charge in [0.1, 0.15) is 0 Å². The van der Waals surface area contributed by atoms with Crippen molar-refractivity contribution in [1.82, 2.24) is 10.6 Å². The number of carbonyl (C=O) groups excluding carboxylic acids is 1. The van der Waals surface area contributed by atoms with Gasteiger partial charge in [0.05, 0.1) is 19.0 Å². The molecule has 0 saturated heterocycles. The van der Waals surface area contributed by atoms with Crippen LogP contribution < -0.4 is 10.6 Å². The summed E-state index contributed by atoms with van der Waals surface area (Å²) in [6.07, 6.45) is 7.42. The lowest BCUT2D eigenvalue weighted by atomic mass is 10.2. The Hall–Kier alpha value is -0.730. The maximum atomic E-state index is 11.2. The molecule has 0 saturated carbocycles. The smallest absolute Gasteiger partial charge is 0.233 e. The first kappa shape index (κ1) is 16.3. The van der Waals surface area contributed by atoms with E-state index >= 15 is 0 Å². The average Bonchev–Trinajstić information content (AvgIpc) is 2.33. The normalized spacial score (nSPS) is 9.88. The summed E-state index contributed by atoms with van der Waals surface area (Å²) >= 11 is 1.89. The third-order valence-corrected chi connectivity index (χ3v) is 2.99. The van der Waals surface area contributed by atoms with E-state index < -0.39 is 0 Å². The van der Waals surface area contributed by atoms with E-state index in [2.05, 4.69) is 16.9 Å². The molecule has 0 aromatic carbocycles. The zero-order valence-corrected chi connectivity index (χ0v) is 11.4. The van der Waals surface area contributed by atoms with Crippen LogP contribution in [0.25, 0.3) is 0 Å². The molecule has 4 nitrogen and oxygen atoms in total. The van der Waals surface area contributed by atoms with Crippen molar-refractivity contribution in [3.05, 3.63) is 0 Å². The fraction of sp³-hybridized carbons (Fsp3) is 0.833. The standard InChI is InChI=1S/C12H23N3OS/c1-17-10-5-3-2-4-8-14-11-12(16)15-9-6-7-13/h14H,2-6,8-11H2,1H3,(H,15,16). The maximum absolute atomic E-state index is 11.2. The van der Waals surface area contributed by atoms with Crippen molar-refractivity contribution in [1.29, 1.82) is 5.26 Å². The first-order valence-corrected chi connectivity index (χ1v) is 7.54. The second-order valence-corrected chi connectivity index (χ2v) is 4.83. The highest BCUT2D eigenvalue weighted by atomic mass is 32.2. The van der Waals surface area contributed by atoms with Crippen molar-refractivity contribution >= 4 is 17.7 Å². The predicted molar refractivity (Wildman–Crippen MR) is 73.0 cm³/mol. The number of rotatable bonds is 11. The summed E-state index contributed by atoms with van der Waals surface area (Å²) in [7, 11) is 0. The zero-order chi connectivity index (χ0) is 12.8. The minimum atomic E-state index is -0.0253. The van der Waals surface area contributed by atoms with Crippen molar-refractivity contribution in [2.75, 3.05) is 31.6 Å². The molecule has 17 heavy (non-hydrogen) atoms. The summed E-state index contributed by atoms with van der Waals surface area (Å²) in [5, 5.41) is 14.1. The topological polar surface area (TPSA) is 64.9 Å². The van der Waals surface area contributed by atoms with E-state index in [1.807, 2.05) is 17.8 Å². The molecule has 0 rings (SSSR count). The van der Waals surface area contributed by atoms with E-state index in [1.54, 1.807) is 0 Å². The van der Waals surface area contributed by atoms with E-state index in [0.29, 0.717) is 19.5 Å². The molecule has 0 aromatic rings. The van der Waals surface area contributed by atoms with Gasteiger partial charge < -0.3 is 10.6 Å². The molecule has 1 amide bonds. The fourth-order valence-corrected chi connectivity index (χ4v) is 1.86. The molecule has 0 aromatic heterocycles. The van der Waals surface area contributed by atoms with Crippen LogP contribution in [0.3, 0.4) is 0 Å². The Kier molecular flexibility index (Phi) is 12.8. The van der Waals surface area contributed by atoms with Crippen LogP contribution in [0.5, 0.6) is 0 Å². The van der Waals surface area contributed by atoms with E-state index in [9.17, 15) is 4.79 Å². The van der Waals surface area contributed by atoms with Crippen molar-refractivity contribution in [3.63, 3.8) is 0 Å². The Morgan fingerprint density at radius 2 is 2.00 bits per heavy atom. The number of thioether (sulfide) groups is 1. The average molecular weight is 257 g/mol. The fourth-order valence-electron chi connectivity index (χ4n) is 1.37. The Morgan fingerprint density at radius 3 is 2.71 bits per heavy atom. The van der Waals surface area contributed by atoms with Gasteiger partial charge in [-0.15, -0.1) is 0 Å². The molecule has 0 fully saturated rings. The van der Waals surface area contributed by atoms with Crippen molar-refractivity contribution in [2.45, 2.75) is 32.1 Å². The number of hydrogen-bond acceptors (Lipinski definition) is 4. The largest absolute Gasteiger partial charge is 0.354 e. The monoisotopic (exact) mass is 257 g/mol. The molecule has 0 aliphatic carbocycles. The number of amides is 1. The van der Waals surface area contributed by atoms with Crippen molar-refractivity contribution < 1.29 is 4.79 Å². The molecule has 0 spiro atoms. The van der Waals surface area contributed by atoms with Gasteiger partial charge >= 0.3 is 0 Å². The third-order valence-electron chi connectivity index (χ3n) is 2.30. The lowest BCUT2D eigenvalue weighted by Crippen LogP contribution is -2.34. The van der Waals surface area contributed by atoms with Crippen LogP contribution in [-0.2, 0) is 4.79 Å². The molecule has 0 radical (unpaired) electrons. The van der Waals surface area contributed by atoms with Crippen LogP contribution in [-0.4, -0.2) is 37.6 Å². The van der Waals surface area contributed by atoms with Gasteiger partial charge in [0.2, 0.25) is 5.91 Å². The number of unbranched alkanes of at least 4 members (excludes halogenated alkanes) is 3. The summed E-state index contributed by atoms with van der Waals surface area (Å²) in [6, 6.07) is 1.99. The zero-order valence-electron chi connectivity index (χ0n) is 10.6. The van der Waals surface area contributed by atoms with Gasteiger partial charge in [0, 0.05) is 6.54 Å². The minimum Gasteiger partial charge on any atom is -0.354 e. The molecule has 98 valence electrons. The predicted octanol–water partition coefficient (Wildman–Crippen LogP) is 1.53. The SMILES string of the molecule is CSCCCCCCNCC(=O)NCCC#N. The Labute approximate surface area is 109 Å². The Bertz CT molecular complexity index is 228. The lowest BCUT2D eigenvalue weighted by molar-refractivity contribution is -0.120. The number of nitrogens with zero attached hydrogens (tertiary/aromatic N) is 1. The number of carbonyl (C=O) groups is 1. The molecule has 0 aliphatic heterocycles. The molecular formula is C12H23N3OS. The van der Waals surface area contributed by atoms with Gasteiger partial charge in [-0.1, -0.05) is 12.8 Å². The quantitative estimate of drug-likeness (QED) is 0.551. The molecule has 2 N–H and O–H groups in total. The Balaban J connectivity index is 3.11. The molecule has 0 bridgehead atoms. The highest BCUT2D eigenvalue weighted by molar-refractivity contribution is 7.98. The molecule has 5 heteroatoms. The lowest BCUT2D eigenvalue weighted by Gasteiger charge is -2.05. The van der Waals surface area contributed by atoms with Crippen molar-refractivity contribution in [3.8, 4) is 6.07 Å². The second-order valence-electron chi connectivity index (χ2n) is 3.84. The number of hydrogen-bond donors (Lipinski definition) is 2. The number of nitriles is 1. The van der Waals surface area contributed by atoms with Crippen LogP contribution in [0.1, 0.15) is 32.1 Å². The first-order valence-electron chi connectivity index (χ1n) is 6.14. The van der Waals surface area contributed by atoms with E-state index in [0.717, 1.165) is 13.0 Å². The van der Waals surface area contributed by atoms with E-state index in [4.69, 9.17) is 5.26 Å². The molecule has 0 heterocycles. The molecule has 0 aliphatic rings. The van der Waals surface area contributed by atoms with Gasteiger partial charge in [-0.2, -0.15) is 17.0 Å². The minimum absolute atomic E-state index is 0.0253. The van der Waals surface area contributed by atoms with Gasteiger partial charge in [0.25, 0.3) is 0 Å². The summed E-state index contributed by atoms with van der Waals surface area (Å²) in [5.41, 5.74) is 0. The molecule has 0 atom stereocenters. The van der Waals surface area contributed by atoms with E-state index in [-0.39, 0.29) is 5.91 Å². The van der Waals surface area contributed by atoms with Gasteiger partial charge in [0.15, 0.2) is 0 Å². The number of nitrogens with one attached hydrogen (secondary N) is 2. The van der Waals surface area contributed by atoms with Gasteiger partial charge in [-0.25, -0.2) is 0 Å². The summed E-state index contributed by atoms with van der Waals surface area (Å²) in [5.74, 6) is 1.22. The van der Waals surface area contributed by atoms with Crippen molar-refractivity contribution in [2.24, 2.45) is 0 Å². The second kappa shape index (κ2) is 13.3. The highest BCUT2D eigenvalue weighted by Crippen LogP contribution is 2.03.